The molecule has 0 aliphatic carbocycles. The maximum Gasteiger partial charge on any atom is 0.331 e. The van der Waals surface area contributed by atoms with Crippen LogP contribution in [0.15, 0.2) is 15.7 Å². The number of aromatic nitrogens is 2. The molecular formula is C23H38N2O6Si2. The first-order valence-corrected chi connectivity index (χ1v) is 17.9. The number of aromatic amines is 1. The van der Waals surface area contributed by atoms with Gasteiger partial charge in [0.05, 0.1) is 6.61 Å². The molecule has 0 unspecified atom stereocenters. The normalized spacial score (nSPS) is 27.2. The Bertz CT molecular complexity index is 1070. The number of hydrogen-bond donors (Lipinski definition) is 1. The van der Waals surface area contributed by atoms with Gasteiger partial charge in [-0.1, -0.05) is 46.3 Å². The van der Waals surface area contributed by atoms with Crippen LogP contribution in [-0.4, -0.2) is 56.6 Å². The third-order valence-corrected chi connectivity index (χ3v) is 11.7. The van der Waals surface area contributed by atoms with E-state index in [-0.39, 0.29) is 5.04 Å². The third kappa shape index (κ3) is 5.78. The molecule has 3 heterocycles. The molecule has 2 fully saturated rings. The summed E-state index contributed by atoms with van der Waals surface area (Å²) in [5.41, 5.74) is 2.48. The number of fused-ring (bicyclic) bond motifs is 1. The first kappa shape index (κ1) is 26.1. The van der Waals surface area contributed by atoms with E-state index in [0.29, 0.717) is 12.3 Å². The van der Waals surface area contributed by atoms with Crippen LogP contribution < -0.4 is 11.2 Å². The Labute approximate surface area is 198 Å². The van der Waals surface area contributed by atoms with Crippen LogP contribution in [0.5, 0.6) is 0 Å². The van der Waals surface area contributed by atoms with Gasteiger partial charge in [-0.05, 0) is 32.0 Å². The molecule has 0 bridgehead atoms. The van der Waals surface area contributed by atoms with Gasteiger partial charge >= 0.3 is 5.69 Å². The molecule has 0 saturated carbocycles. The van der Waals surface area contributed by atoms with Gasteiger partial charge in [-0.2, -0.15) is 0 Å². The number of nitrogens with one attached hydrogen (secondary N) is 1. The van der Waals surface area contributed by atoms with Crippen molar-refractivity contribution in [3.8, 4) is 11.5 Å². The van der Waals surface area contributed by atoms with Gasteiger partial charge < -0.3 is 18.6 Å². The predicted molar refractivity (Wildman–Crippen MR) is 132 cm³/mol. The van der Waals surface area contributed by atoms with Crippen molar-refractivity contribution in [1.82, 2.24) is 9.55 Å². The Morgan fingerprint density at radius 1 is 1.12 bits per heavy atom. The summed E-state index contributed by atoms with van der Waals surface area (Å²) in [7, 11) is -3.78. The lowest BCUT2D eigenvalue weighted by Gasteiger charge is -2.37. The molecule has 3 rings (SSSR count). The number of rotatable bonds is 4. The van der Waals surface area contributed by atoms with Crippen LogP contribution in [0, 0.1) is 11.5 Å². The zero-order chi connectivity index (χ0) is 25.0. The molecular weight excluding hydrogens is 456 g/mol. The van der Waals surface area contributed by atoms with Gasteiger partial charge in [-0.25, -0.2) is 4.79 Å². The highest BCUT2D eigenvalue weighted by Gasteiger charge is 2.57. The number of H-pyrrole nitrogens is 1. The van der Waals surface area contributed by atoms with Crippen molar-refractivity contribution in [2.24, 2.45) is 0 Å². The van der Waals surface area contributed by atoms with Crippen molar-refractivity contribution in [3.05, 3.63) is 32.6 Å². The summed E-state index contributed by atoms with van der Waals surface area (Å²) in [5.74, 6) is 2.23. The first-order chi connectivity index (χ1) is 14.9. The van der Waals surface area contributed by atoms with E-state index in [1.165, 1.54) is 10.6 Å². The highest BCUT2D eigenvalue weighted by molar-refractivity contribution is 6.83. The Morgan fingerprint density at radius 3 is 2.30 bits per heavy atom. The molecule has 184 valence electrons. The Hall–Kier alpha value is -1.49. The maximum absolute atomic E-state index is 12.9. The molecule has 0 aromatic carbocycles. The van der Waals surface area contributed by atoms with Gasteiger partial charge in [0.25, 0.3) is 5.56 Å². The maximum atomic E-state index is 12.9. The van der Waals surface area contributed by atoms with Gasteiger partial charge in [0.15, 0.2) is 20.3 Å². The third-order valence-electron chi connectivity index (χ3n) is 6.34. The summed E-state index contributed by atoms with van der Waals surface area (Å²) < 4.78 is 26.5. The molecule has 10 heteroatoms. The van der Waals surface area contributed by atoms with E-state index in [2.05, 4.69) is 70.0 Å². The summed E-state index contributed by atoms with van der Waals surface area (Å²) in [6.07, 6.45) is -2.16. The van der Waals surface area contributed by atoms with Crippen molar-refractivity contribution in [2.75, 3.05) is 6.61 Å². The molecule has 33 heavy (non-hydrogen) atoms. The SMILES string of the molecule is CC1(C)O[C@@H]2[C@H](O1)[C@@H](CO[Si](C)(C)C(C)(C)C)O[C@H]2n1c(C#C[Si](C)(C)C)cc(=O)[nH]c1=O. The fraction of sp³-hybridized carbons (Fsp3) is 0.739. The predicted octanol–water partition coefficient (Wildman–Crippen LogP) is 3.20. The topological polar surface area (TPSA) is 91.8 Å². The summed E-state index contributed by atoms with van der Waals surface area (Å²) in [6.45, 7) is 21.2. The lowest BCUT2D eigenvalue weighted by atomic mass is 10.1. The molecule has 0 amide bonds. The van der Waals surface area contributed by atoms with E-state index in [1.54, 1.807) is 0 Å². The van der Waals surface area contributed by atoms with Crippen LogP contribution in [0.25, 0.3) is 0 Å². The van der Waals surface area contributed by atoms with Crippen LogP contribution in [0.3, 0.4) is 0 Å². The molecule has 1 N–H and O–H groups in total. The van der Waals surface area contributed by atoms with Crippen molar-refractivity contribution < 1.29 is 18.6 Å². The minimum atomic E-state index is -2.03. The van der Waals surface area contributed by atoms with E-state index >= 15 is 0 Å². The van der Waals surface area contributed by atoms with Gasteiger partial charge in [-0.15, -0.1) is 5.54 Å². The molecule has 0 radical (unpaired) electrons. The zero-order valence-electron chi connectivity index (χ0n) is 21.5. The van der Waals surface area contributed by atoms with Crippen LogP contribution in [-0.2, 0) is 18.6 Å². The quantitative estimate of drug-likeness (QED) is 0.511. The van der Waals surface area contributed by atoms with Crippen LogP contribution in [0.4, 0.5) is 0 Å². The highest BCUT2D eigenvalue weighted by atomic mass is 28.4. The summed E-state index contributed by atoms with van der Waals surface area (Å²) in [5, 5.41) is 0.0478. The smallest absolute Gasteiger partial charge is 0.331 e. The first-order valence-electron chi connectivity index (χ1n) is 11.4. The summed E-state index contributed by atoms with van der Waals surface area (Å²) in [4.78, 5) is 27.3. The van der Waals surface area contributed by atoms with E-state index in [4.69, 9.17) is 18.6 Å². The standard InChI is InChI=1S/C23H38N2O6Si2/c1-22(2,3)33(9,10)28-14-16-18-19(31-23(4,5)30-18)20(29-16)25-15(11-12-32(6,7)8)13-17(26)24-21(25)27/h13,16,18-20H,14H2,1-10H3,(H,24,26,27)/t16-,18-,19-,20-/m1/s1. The van der Waals surface area contributed by atoms with Crippen LogP contribution in [0.2, 0.25) is 37.8 Å². The number of ether oxygens (including phenoxy) is 3. The second kappa shape index (κ2) is 8.62. The summed E-state index contributed by atoms with van der Waals surface area (Å²) in [6, 6.07) is 1.34. The Balaban J connectivity index is 2.00. The molecule has 2 saturated heterocycles. The van der Waals surface area contributed by atoms with Gasteiger partial charge in [0.2, 0.25) is 0 Å². The van der Waals surface area contributed by atoms with Crippen molar-refractivity contribution in [3.63, 3.8) is 0 Å². The van der Waals surface area contributed by atoms with Gasteiger partial charge in [0.1, 0.15) is 32.1 Å². The van der Waals surface area contributed by atoms with E-state index < -0.39 is 58.0 Å². The van der Waals surface area contributed by atoms with Crippen molar-refractivity contribution in [2.45, 2.75) is 103 Å². The lowest BCUT2D eigenvalue weighted by molar-refractivity contribution is -0.200. The number of hydrogen-bond acceptors (Lipinski definition) is 6. The average Bonchev–Trinajstić information content (AvgIpc) is 3.09. The Morgan fingerprint density at radius 2 is 1.73 bits per heavy atom. The molecule has 0 spiro atoms. The molecule has 2 aliphatic heterocycles. The van der Waals surface area contributed by atoms with Gasteiger partial charge in [-0.3, -0.25) is 14.3 Å². The fourth-order valence-corrected chi connectivity index (χ4v) is 5.13. The van der Waals surface area contributed by atoms with Crippen LogP contribution in [0.1, 0.15) is 46.5 Å². The Kier molecular flexibility index (Phi) is 6.83. The second-order valence-corrected chi connectivity index (χ2v) is 21.5. The monoisotopic (exact) mass is 494 g/mol. The van der Waals surface area contributed by atoms with E-state index in [0.717, 1.165) is 0 Å². The van der Waals surface area contributed by atoms with Gasteiger partial charge in [0, 0.05) is 6.07 Å². The lowest BCUT2D eigenvalue weighted by Crippen LogP contribution is -2.44. The molecule has 2 aliphatic rings. The van der Waals surface area contributed by atoms with Crippen molar-refractivity contribution >= 4 is 16.4 Å². The zero-order valence-corrected chi connectivity index (χ0v) is 23.5. The average molecular weight is 495 g/mol. The number of nitrogens with zero attached hydrogens (tertiary/aromatic N) is 1. The van der Waals surface area contributed by atoms with E-state index in [1.807, 2.05) is 13.8 Å². The molecule has 4 atom stereocenters. The van der Waals surface area contributed by atoms with E-state index in [9.17, 15) is 9.59 Å². The largest absolute Gasteiger partial charge is 0.414 e. The summed E-state index contributed by atoms with van der Waals surface area (Å²) >= 11 is 0. The molecule has 1 aromatic heterocycles. The molecule has 8 nitrogen and oxygen atoms in total. The van der Waals surface area contributed by atoms with Crippen LogP contribution >= 0.6 is 0 Å². The van der Waals surface area contributed by atoms with Crippen molar-refractivity contribution in [1.29, 1.82) is 0 Å². The fourth-order valence-electron chi connectivity index (χ4n) is 3.61. The minimum Gasteiger partial charge on any atom is -0.414 e. The minimum absolute atomic E-state index is 0.0478. The second-order valence-electron chi connectivity index (χ2n) is 11.9. The molecule has 1 aromatic rings. The highest BCUT2D eigenvalue weighted by Crippen LogP contribution is 2.44.